The number of benzene rings is 1. The van der Waals surface area contributed by atoms with Gasteiger partial charge in [0.15, 0.2) is 0 Å². The number of rotatable bonds is 3. The van der Waals surface area contributed by atoms with Crippen LogP contribution in [0.4, 0.5) is 0 Å². The van der Waals surface area contributed by atoms with E-state index in [2.05, 4.69) is 26.8 Å². The van der Waals surface area contributed by atoms with E-state index in [1.54, 1.807) is 6.07 Å². The summed E-state index contributed by atoms with van der Waals surface area (Å²) in [6.07, 6.45) is 1.22. The summed E-state index contributed by atoms with van der Waals surface area (Å²) in [6, 6.07) is 5.49. The highest BCUT2D eigenvalue weighted by molar-refractivity contribution is 5.87. The lowest BCUT2D eigenvalue weighted by molar-refractivity contribution is -0.116. The van der Waals surface area contributed by atoms with Crippen molar-refractivity contribution in [3.63, 3.8) is 0 Å². The number of fused-ring (bicyclic) bond motifs is 1. The van der Waals surface area contributed by atoms with Gasteiger partial charge in [-0.15, -0.1) is 0 Å². The van der Waals surface area contributed by atoms with Crippen LogP contribution in [-0.4, -0.2) is 16.2 Å². The highest BCUT2D eigenvalue weighted by Crippen LogP contribution is 2.13. The second-order valence-corrected chi connectivity index (χ2v) is 2.97. The van der Waals surface area contributed by atoms with Crippen LogP contribution >= 0.6 is 0 Å². The molecule has 1 heterocycles. The van der Waals surface area contributed by atoms with E-state index in [1.807, 2.05) is 12.1 Å². The van der Waals surface area contributed by atoms with Gasteiger partial charge in [0.05, 0.1) is 0 Å². The van der Waals surface area contributed by atoms with Gasteiger partial charge in [-0.3, -0.25) is 4.79 Å². The van der Waals surface area contributed by atoms with Gasteiger partial charge >= 0.3 is 0 Å². The number of aromatic nitrogens is 2. The number of nitrogens with one attached hydrogen (secondary N) is 1. The molecule has 0 radical (unpaired) electrons. The summed E-state index contributed by atoms with van der Waals surface area (Å²) < 4.78 is 4.61. The largest absolute Gasteiger partial charge is 0.348 e. The molecule has 0 unspecified atom stereocenters. The SMILES string of the molecule is C=CC(=O)NCc1cccc2nonc12. The molecule has 0 saturated carbocycles. The van der Waals surface area contributed by atoms with Crippen LogP contribution in [0.5, 0.6) is 0 Å². The Balaban J connectivity index is 2.24. The summed E-state index contributed by atoms with van der Waals surface area (Å²) in [7, 11) is 0. The quantitative estimate of drug-likeness (QED) is 0.756. The van der Waals surface area contributed by atoms with Crippen molar-refractivity contribution in [1.29, 1.82) is 0 Å². The Morgan fingerprint density at radius 2 is 2.40 bits per heavy atom. The first-order valence-corrected chi connectivity index (χ1v) is 4.41. The molecule has 15 heavy (non-hydrogen) atoms. The van der Waals surface area contributed by atoms with Crippen LogP contribution in [0, 0.1) is 0 Å². The first-order valence-electron chi connectivity index (χ1n) is 4.41. The van der Waals surface area contributed by atoms with Crippen LogP contribution in [-0.2, 0) is 11.3 Å². The Kier molecular flexibility index (Phi) is 2.45. The number of carbonyl (C=O) groups excluding carboxylic acids is 1. The van der Waals surface area contributed by atoms with Crippen LogP contribution in [0.15, 0.2) is 35.5 Å². The van der Waals surface area contributed by atoms with E-state index >= 15 is 0 Å². The topological polar surface area (TPSA) is 68.0 Å². The third-order valence-corrected chi connectivity index (χ3v) is 2.01. The molecule has 0 atom stereocenters. The van der Waals surface area contributed by atoms with E-state index in [1.165, 1.54) is 6.08 Å². The molecule has 0 bridgehead atoms. The lowest BCUT2D eigenvalue weighted by atomic mass is 10.2. The summed E-state index contributed by atoms with van der Waals surface area (Å²) in [5, 5.41) is 10.1. The Morgan fingerprint density at radius 3 is 3.20 bits per heavy atom. The molecule has 0 saturated heterocycles. The average Bonchev–Trinajstić information content (AvgIpc) is 2.74. The average molecular weight is 203 g/mol. The van der Waals surface area contributed by atoms with Crippen LogP contribution in [0.25, 0.3) is 11.0 Å². The molecule has 0 fully saturated rings. The zero-order valence-electron chi connectivity index (χ0n) is 7.93. The number of nitrogens with zero attached hydrogens (tertiary/aromatic N) is 2. The van der Waals surface area contributed by atoms with Crippen molar-refractivity contribution in [2.24, 2.45) is 0 Å². The molecule has 2 aromatic rings. The molecule has 0 aliphatic rings. The highest BCUT2D eigenvalue weighted by Gasteiger charge is 2.06. The minimum atomic E-state index is -0.219. The van der Waals surface area contributed by atoms with Crippen LogP contribution < -0.4 is 5.32 Å². The number of hydrogen-bond acceptors (Lipinski definition) is 4. The van der Waals surface area contributed by atoms with Gasteiger partial charge in [-0.1, -0.05) is 18.7 Å². The van der Waals surface area contributed by atoms with Crippen molar-refractivity contribution < 1.29 is 9.42 Å². The molecular formula is C10H9N3O2. The van der Waals surface area contributed by atoms with Gasteiger partial charge in [0.1, 0.15) is 11.0 Å². The van der Waals surface area contributed by atoms with Crippen molar-refractivity contribution in [1.82, 2.24) is 15.6 Å². The van der Waals surface area contributed by atoms with Gasteiger partial charge in [-0.2, -0.15) is 0 Å². The zero-order chi connectivity index (χ0) is 10.7. The predicted molar refractivity (Wildman–Crippen MR) is 53.8 cm³/mol. The summed E-state index contributed by atoms with van der Waals surface area (Å²) in [5.74, 6) is -0.219. The molecule has 0 spiro atoms. The molecule has 2 rings (SSSR count). The van der Waals surface area contributed by atoms with Gasteiger partial charge in [-0.05, 0) is 22.5 Å². The number of hydrogen-bond donors (Lipinski definition) is 1. The fraction of sp³-hybridized carbons (Fsp3) is 0.100. The van der Waals surface area contributed by atoms with Crippen molar-refractivity contribution in [3.05, 3.63) is 36.4 Å². The molecule has 0 aliphatic carbocycles. The van der Waals surface area contributed by atoms with Gasteiger partial charge in [0.25, 0.3) is 0 Å². The van der Waals surface area contributed by atoms with E-state index in [9.17, 15) is 4.79 Å². The first kappa shape index (κ1) is 9.39. The smallest absolute Gasteiger partial charge is 0.243 e. The van der Waals surface area contributed by atoms with Crippen LogP contribution in [0.3, 0.4) is 0 Å². The fourth-order valence-electron chi connectivity index (χ4n) is 1.26. The monoisotopic (exact) mass is 203 g/mol. The van der Waals surface area contributed by atoms with Crippen molar-refractivity contribution in [3.8, 4) is 0 Å². The van der Waals surface area contributed by atoms with Gasteiger partial charge in [-0.25, -0.2) is 4.63 Å². The van der Waals surface area contributed by atoms with Gasteiger partial charge in [0.2, 0.25) is 5.91 Å². The van der Waals surface area contributed by atoms with Gasteiger partial charge in [0, 0.05) is 12.1 Å². The fourth-order valence-corrected chi connectivity index (χ4v) is 1.26. The van der Waals surface area contributed by atoms with Crippen molar-refractivity contribution in [2.45, 2.75) is 6.54 Å². The van der Waals surface area contributed by atoms with E-state index in [-0.39, 0.29) is 5.91 Å². The highest BCUT2D eigenvalue weighted by atomic mass is 16.6. The lowest BCUT2D eigenvalue weighted by Crippen LogP contribution is -2.20. The summed E-state index contributed by atoms with van der Waals surface area (Å²) >= 11 is 0. The molecule has 0 aliphatic heterocycles. The van der Waals surface area contributed by atoms with Crippen LogP contribution in [0.1, 0.15) is 5.56 Å². The lowest BCUT2D eigenvalue weighted by Gasteiger charge is -2.01. The predicted octanol–water partition coefficient (Wildman–Crippen LogP) is 1.02. The molecule has 5 heteroatoms. The third-order valence-electron chi connectivity index (χ3n) is 2.01. The second-order valence-electron chi connectivity index (χ2n) is 2.97. The van der Waals surface area contributed by atoms with Crippen molar-refractivity contribution in [2.75, 3.05) is 0 Å². The minimum Gasteiger partial charge on any atom is -0.348 e. The maximum Gasteiger partial charge on any atom is 0.243 e. The molecule has 76 valence electrons. The molecule has 1 N–H and O–H groups in total. The second kappa shape index (κ2) is 3.91. The van der Waals surface area contributed by atoms with E-state index < -0.39 is 0 Å². The summed E-state index contributed by atoms with van der Waals surface area (Å²) in [6.45, 7) is 3.75. The molecule has 5 nitrogen and oxygen atoms in total. The Hall–Kier alpha value is -2.17. The van der Waals surface area contributed by atoms with E-state index in [0.29, 0.717) is 17.6 Å². The number of carbonyl (C=O) groups is 1. The standard InChI is InChI=1S/C10H9N3O2/c1-2-9(14)11-6-7-4-3-5-8-10(7)13-15-12-8/h2-5H,1,6H2,(H,11,14). The molecule has 1 aromatic carbocycles. The summed E-state index contributed by atoms with van der Waals surface area (Å²) in [5.41, 5.74) is 2.21. The van der Waals surface area contributed by atoms with Crippen molar-refractivity contribution >= 4 is 16.9 Å². The Morgan fingerprint density at radius 1 is 1.53 bits per heavy atom. The molecule has 1 amide bonds. The first-order chi connectivity index (χ1) is 7.31. The Bertz CT molecular complexity index is 504. The van der Waals surface area contributed by atoms with Gasteiger partial charge < -0.3 is 5.32 Å². The zero-order valence-corrected chi connectivity index (χ0v) is 7.93. The maximum atomic E-state index is 11.0. The number of amides is 1. The molecule has 1 aromatic heterocycles. The summed E-state index contributed by atoms with van der Waals surface area (Å²) in [4.78, 5) is 11.0. The minimum absolute atomic E-state index is 0.219. The van der Waals surface area contributed by atoms with E-state index in [0.717, 1.165) is 5.56 Å². The third kappa shape index (κ3) is 1.85. The molecular weight excluding hydrogens is 194 g/mol. The van der Waals surface area contributed by atoms with Crippen LogP contribution in [0.2, 0.25) is 0 Å². The Labute approximate surface area is 85.7 Å². The van der Waals surface area contributed by atoms with E-state index in [4.69, 9.17) is 0 Å². The maximum absolute atomic E-state index is 11.0. The normalized spacial score (nSPS) is 10.1.